The number of hydrogen-bond donors (Lipinski definition) is 1. The van der Waals surface area contributed by atoms with E-state index in [1.54, 1.807) is 0 Å². The molecule has 0 aromatic carbocycles. The van der Waals surface area contributed by atoms with Gasteiger partial charge in [0.15, 0.2) is 0 Å². The zero-order valence-electron chi connectivity index (χ0n) is 10.1. The van der Waals surface area contributed by atoms with Gasteiger partial charge in [0, 0.05) is 44.6 Å². The minimum absolute atomic E-state index is 0.704. The Labute approximate surface area is 103 Å². The lowest BCUT2D eigenvalue weighted by Gasteiger charge is -2.25. The monoisotopic (exact) mass is 244 g/mol. The average molecular weight is 244 g/mol. The van der Waals surface area contributed by atoms with Gasteiger partial charge in [0.05, 0.1) is 0 Å². The molecule has 2 aliphatic rings. The molecule has 1 N–H and O–H groups in total. The van der Waals surface area contributed by atoms with Gasteiger partial charge in [-0.1, -0.05) is 0 Å². The largest absolute Gasteiger partial charge is 0.381 e. The number of ether oxygens (including phenoxy) is 1. The first-order chi connectivity index (χ1) is 7.95. The van der Waals surface area contributed by atoms with Gasteiger partial charge < -0.3 is 15.0 Å². The van der Waals surface area contributed by atoms with Crippen molar-refractivity contribution in [1.29, 1.82) is 0 Å². The third-order valence-electron chi connectivity index (χ3n) is 3.40. The quantitative estimate of drug-likeness (QED) is 0.803. The predicted molar refractivity (Wildman–Crippen MR) is 70.2 cm³/mol. The van der Waals surface area contributed by atoms with Gasteiger partial charge >= 0.3 is 0 Å². The number of rotatable bonds is 4. The smallest absolute Gasteiger partial charge is 0.0480 e. The van der Waals surface area contributed by atoms with Gasteiger partial charge in [0.1, 0.15) is 0 Å². The van der Waals surface area contributed by atoms with E-state index >= 15 is 0 Å². The van der Waals surface area contributed by atoms with E-state index in [1.807, 2.05) is 0 Å². The molecular formula is C12H24N2OS. The maximum absolute atomic E-state index is 5.36. The molecule has 4 heteroatoms. The van der Waals surface area contributed by atoms with Crippen LogP contribution in [0.25, 0.3) is 0 Å². The second kappa shape index (κ2) is 7.54. The molecular weight excluding hydrogens is 220 g/mol. The standard InChI is InChI=1S/C12H24N2OS/c1-5-14(7-11-16-10-1)6-4-13-12-2-8-15-9-3-12/h12-13H,1-11H2. The van der Waals surface area contributed by atoms with Crippen molar-refractivity contribution < 1.29 is 4.74 Å². The second-order valence-electron chi connectivity index (χ2n) is 4.65. The molecule has 0 aromatic rings. The fraction of sp³-hybridized carbons (Fsp3) is 1.00. The molecule has 0 bridgehead atoms. The number of nitrogens with one attached hydrogen (secondary N) is 1. The molecule has 0 spiro atoms. The van der Waals surface area contributed by atoms with Crippen LogP contribution in [0.15, 0.2) is 0 Å². The van der Waals surface area contributed by atoms with Crippen molar-refractivity contribution in [3.8, 4) is 0 Å². The van der Waals surface area contributed by atoms with E-state index in [9.17, 15) is 0 Å². The lowest BCUT2D eigenvalue weighted by atomic mass is 10.1. The lowest BCUT2D eigenvalue weighted by Crippen LogP contribution is -2.40. The van der Waals surface area contributed by atoms with Gasteiger partial charge in [0.25, 0.3) is 0 Å². The molecule has 2 fully saturated rings. The first kappa shape index (κ1) is 12.7. The summed E-state index contributed by atoms with van der Waals surface area (Å²) in [5.74, 6) is 2.67. The Morgan fingerprint density at radius 2 is 2.06 bits per heavy atom. The van der Waals surface area contributed by atoms with Crippen molar-refractivity contribution in [2.24, 2.45) is 0 Å². The first-order valence-corrected chi connectivity index (χ1v) is 7.72. The minimum Gasteiger partial charge on any atom is -0.381 e. The Kier molecular flexibility index (Phi) is 5.97. The maximum Gasteiger partial charge on any atom is 0.0480 e. The topological polar surface area (TPSA) is 24.5 Å². The Morgan fingerprint density at radius 1 is 1.19 bits per heavy atom. The van der Waals surface area contributed by atoms with E-state index in [0.29, 0.717) is 6.04 Å². The van der Waals surface area contributed by atoms with Crippen molar-refractivity contribution in [1.82, 2.24) is 10.2 Å². The van der Waals surface area contributed by atoms with E-state index in [-0.39, 0.29) is 0 Å². The van der Waals surface area contributed by atoms with Crippen LogP contribution in [0.2, 0.25) is 0 Å². The summed E-state index contributed by atoms with van der Waals surface area (Å²) >= 11 is 2.10. The van der Waals surface area contributed by atoms with E-state index in [0.717, 1.165) is 19.8 Å². The molecule has 0 unspecified atom stereocenters. The van der Waals surface area contributed by atoms with Crippen molar-refractivity contribution in [2.45, 2.75) is 25.3 Å². The molecule has 0 radical (unpaired) electrons. The lowest BCUT2D eigenvalue weighted by molar-refractivity contribution is 0.0773. The maximum atomic E-state index is 5.36. The highest BCUT2D eigenvalue weighted by Gasteiger charge is 2.13. The van der Waals surface area contributed by atoms with Gasteiger partial charge in [-0.2, -0.15) is 11.8 Å². The van der Waals surface area contributed by atoms with Crippen molar-refractivity contribution >= 4 is 11.8 Å². The average Bonchev–Trinajstić information content (AvgIpc) is 2.59. The molecule has 2 saturated heterocycles. The summed E-state index contributed by atoms with van der Waals surface area (Å²) in [6, 6.07) is 0.704. The van der Waals surface area contributed by atoms with Gasteiger partial charge in [-0.05, 0) is 31.6 Å². The molecule has 2 aliphatic heterocycles. The zero-order valence-corrected chi connectivity index (χ0v) is 10.9. The van der Waals surface area contributed by atoms with Crippen LogP contribution >= 0.6 is 11.8 Å². The van der Waals surface area contributed by atoms with E-state index in [1.165, 1.54) is 50.4 Å². The number of nitrogens with zero attached hydrogens (tertiary/aromatic N) is 1. The zero-order chi connectivity index (χ0) is 11.1. The third kappa shape index (κ3) is 4.62. The Hall–Kier alpha value is 0.230. The fourth-order valence-electron chi connectivity index (χ4n) is 2.35. The number of hydrogen-bond acceptors (Lipinski definition) is 4. The molecule has 0 atom stereocenters. The van der Waals surface area contributed by atoms with Crippen LogP contribution in [0, 0.1) is 0 Å². The van der Waals surface area contributed by atoms with Crippen LogP contribution in [0.3, 0.4) is 0 Å². The van der Waals surface area contributed by atoms with Gasteiger partial charge in [-0.3, -0.25) is 0 Å². The van der Waals surface area contributed by atoms with Crippen LogP contribution < -0.4 is 5.32 Å². The fourth-order valence-corrected chi connectivity index (χ4v) is 3.27. The highest BCUT2D eigenvalue weighted by Crippen LogP contribution is 2.09. The molecule has 94 valence electrons. The normalized spacial score (nSPS) is 25.5. The van der Waals surface area contributed by atoms with Crippen molar-refractivity contribution in [3.63, 3.8) is 0 Å². The van der Waals surface area contributed by atoms with Crippen LogP contribution in [0.4, 0.5) is 0 Å². The van der Waals surface area contributed by atoms with Gasteiger partial charge in [-0.25, -0.2) is 0 Å². The van der Waals surface area contributed by atoms with E-state index < -0.39 is 0 Å². The summed E-state index contributed by atoms with van der Waals surface area (Å²) in [4.78, 5) is 2.60. The summed E-state index contributed by atoms with van der Waals surface area (Å²) in [6.45, 7) is 6.83. The summed E-state index contributed by atoms with van der Waals surface area (Å²) in [5.41, 5.74) is 0. The van der Waals surface area contributed by atoms with Crippen LogP contribution in [-0.4, -0.2) is 61.8 Å². The molecule has 0 saturated carbocycles. The van der Waals surface area contributed by atoms with Crippen molar-refractivity contribution in [3.05, 3.63) is 0 Å². The summed E-state index contributed by atoms with van der Waals surface area (Å²) in [7, 11) is 0. The molecule has 0 amide bonds. The van der Waals surface area contributed by atoms with Gasteiger partial charge in [0.2, 0.25) is 0 Å². The Balaban J connectivity index is 1.55. The molecule has 2 heterocycles. The highest BCUT2D eigenvalue weighted by atomic mass is 32.2. The third-order valence-corrected chi connectivity index (χ3v) is 4.45. The summed E-state index contributed by atoms with van der Waals surface area (Å²) < 4.78 is 5.36. The summed E-state index contributed by atoms with van der Waals surface area (Å²) in [5, 5.41) is 3.66. The predicted octanol–water partition coefficient (Wildman–Crippen LogP) is 1.19. The molecule has 2 rings (SSSR count). The number of thioether (sulfide) groups is 1. The van der Waals surface area contributed by atoms with E-state index in [4.69, 9.17) is 4.74 Å². The highest BCUT2D eigenvalue weighted by molar-refractivity contribution is 7.99. The molecule has 0 aromatic heterocycles. The van der Waals surface area contributed by atoms with E-state index in [2.05, 4.69) is 22.0 Å². The summed E-state index contributed by atoms with van der Waals surface area (Å²) in [6.07, 6.45) is 3.74. The minimum atomic E-state index is 0.704. The molecule has 3 nitrogen and oxygen atoms in total. The Bertz CT molecular complexity index is 178. The van der Waals surface area contributed by atoms with Crippen molar-refractivity contribution in [2.75, 3.05) is 50.9 Å². The van der Waals surface area contributed by atoms with Crippen LogP contribution in [0.1, 0.15) is 19.3 Å². The molecule has 16 heavy (non-hydrogen) atoms. The van der Waals surface area contributed by atoms with Crippen LogP contribution in [-0.2, 0) is 4.74 Å². The Morgan fingerprint density at radius 3 is 2.94 bits per heavy atom. The second-order valence-corrected chi connectivity index (χ2v) is 5.87. The van der Waals surface area contributed by atoms with Gasteiger partial charge in [-0.15, -0.1) is 0 Å². The molecule has 0 aliphatic carbocycles. The first-order valence-electron chi connectivity index (χ1n) is 6.56. The SMILES string of the molecule is C1CSCCN(CCNC2CCOCC2)C1. The van der Waals surface area contributed by atoms with Crippen LogP contribution in [0.5, 0.6) is 0 Å².